The number of amides is 2. The van der Waals surface area contributed by atoms with Gasteiger partial charge in [-0.1, -0.05) is 54.6 Å². The predicted octanol–water partition coefficient (Wildman–Crippen LogP) is 4.79. The molecule has 4 aliphatic rings. The Kier molecular flexibility index (Phi) is 3.73. The zero-order valence-electron chi connectivity index (χ0n) is 16.5. The highest BCUT2D eigenvalue weighted by molar-refractivity contribution is 6.38. The Morgan fingerprint density at radius 3 is 1.61 bits per heavy atom. The Labute approximate surface area is 189 Å². The van der Waals surface area contributed by atoms with Gasteiger partial charge in [-0.25, -0.2) is 4.90 Å². The molecular weight excluding hydrogens is 433 g/mol. The second-order valence-electron chi connectivity index (χ2n) is 8.18. The Morgan fingerprint density at radius 2 is 1.19 bits per heavy atom. The van der Waals surface area contributed by atoms with Gasteiger partial charge in [0, 0.05) is 6.07 Å². The fourth-order valence-corrected chi connectivity index (χ4v) is 6.77. The average molecular weight is 450 g/mol. The molecule has 1 heterocycles. The summed E-state index contributed by atoms with van der Waals surface area (Å²) in [5.41, 5.74) is 3.62. The van der Waals surface area contributed by atoms with Crippen molar-refractivity contribution in [3.05, 3.63) is 95.1 Å². The molecule has 2 amide bonds. The number of anilines is 1. The minimum atomic E-state index is -1.17. The number of hydrogen-bond donors (Lipinski definition) is 0. The van der Waals surface area contributed by atoms with Crippen LogP contribution in [0, 0.1) is 11.8 Å². The normalized spacial score (nSPS) is 30.1. The van der Waals surface area contributed by atoms with Crippen molar-refractivity contribution in [2.45, 2.75) is 9.75 Å². The van der Waals surface area contributed by atoms with Gasteiger partial charge in [0.15, 0.2) is 0 Å². The molecule has 154 valence electrons. The summed E-state index contributed by atoms with van der Waals surface area (Å²) in [7, 11) is 1.54. The number of nitrogens with zero attached hydrogens (tertiary/aromatic N) is 1. The predicted molar refractivity (Wildman–Crippen MR) is 119 cm³/mol. The highest BCUT2D eigenvalue weighted by Gasteiger charge is 2.73. The summed E-state index contributed by atoms with van der Waals surface area (Å²) < 4.78 is 5.30. The third-order valence-corrected chi connectivity index (χ3v) is 8.18. The van der Waals surface area contributed by atoms with E-state index in [0.717, 1.165) is 22.3 Å². The molecule has 0 radical (unpaired) electrons. The highest BCUT2D eigenvalue weighted by Crippen LogP contribution is 2.69. The third-order valence-electron chi connectivity index (χ3n) is 6.90. The van der Waals surface area contributed by atoms with E-state index in [1.165, 1.54) is 4.90 Å². The van der Waals surface area contributed by atoms with Crippen LogP contribution in [0.5, 0.6) is 5.75 Å². The first kappa shape index (κ1) is 18.9. The second-order valence-corrected chi connectivity index (χ2v) is 9.38. The van der Waals surface area contributed by atoms with Crippen molar-refractivity contribution >= 4 is 40.7 Å². The molecule has 1 saturated heterocycles. The molecule has 2 atom stereocenters. The summed E-state index contributed by atoms with van der Waals surface area (Å²) in [6.07, 6.45) is 0. The zero-order valence-corrected chi connectivity index (χ0v) is 18.0. The Bertz CT molecular complexity index is 1170. The van der Waals surface area contributed by atoms with E-state index in [0.29, 0.717) is 11.4 Å². The summed E-state index contributed by atoms with van der Waals surface area (Å²) in [5.74, 6) is -1.74. The van der Waals surface area contributed by atoms with Gasteiger partial charge in [-0.2, -0.15) is 0 Å². The number of ether oxygens (including phenoxy) is 1. The summed E-state index contributed by atoms with van der Waals surface area (Å²) >= 11 is 14.8. The van der Waals surface area contributed by atoms with Crippen LogP contribution in [0.4, 0.5) is 5.69 Å². The minimum absolute atomic E-state index is 0.340. The molecule has 4 nitrogen and oxygen atoms in total. The fraction of sp³-hybridized carbons (Fsp3) is 0.200. The fourth-order valence-electron chi connectivity index (χ4n) is 5.67. The number of methoxy groups -OCH3 is 1. The molecule has 1 aliphatic heterocycles. The van der Waals surface area contributed by atoms with Crippen LogP contribution in [0.3, 0.4) is 0 Å². The summed E-state index contributed by atoms with van der Waals surface area (Å²) in [6.45, 7) is 0. The van der Waals surface area contributed by atoms with E-state index in [2.05, 4.69) is 0 Å². The van der Waals surface area contributed by atoms with E-state index in [1.54, 1.807) is 31.4 Å². The molecule has 3 aromatic rings. The quantitative estimate of drug-likeness (QED) is 0.417. The molecule has 0 saturated carbocycles. The maximum Gasteiger partial charge on any atom is 0.240 e. The molecular formula is C25H17Cl2NO3. The van der Waals surface area contributed by atoms with Crippen molar-refractivity contribution in [2.75, 3.05) is 12.0 Å². The number of hydrogen-bond acceptors (Lipinski definition) is 3. The largest absolute Gasteiger partial charge is 0.497 e. The number of carbonyl (C=O) groups is 2. The molecule has 6 heteroatoms. The first-order valence-electron chi connectivity index (χ1n) is 10.0. The van der Waals surface area contributed by atoms with Crippen LogP contribution in [-0.4, -0.2) is 18.9 Å². The SMILES string of the molecule is COc1cccc(N2C(=O)[C@@H]3[C@@H](C2=O)C2(Cl)c4ccccc4C3(Cl)c3ccccc32)c1. The molecule has 7 rings (SSSR count). The van der Waals surface area contributed by atoms with Crippen LogP contribution in [-0.2, 0) is 19.3 Å². The molecule has 2 bridgehead atoms. The van der Waals surface area contributed by atoms with E-state index in [9.17, 15) is 9.59 Å². The molecule has 0 aromatic heterocycles. The van der Waals surface area contributed by atoms with E-state index in [-0.39, 0.29) is 11.8 Å². The van der Waals surface area contributed by atoms with Gasteiger partial charge in [-0.3, -0.25) is 9.59 Å². The van der Waals surface area contributed by atoms with Crippen molar-refractivity contribution in [1.82, 2.24) is 0 Å². The smallest absolute Gasteiger partial charge is 0.240 e. The van der Waals surface area contributed by atoms with Gasteiger partial charge >= 0.3 is 0 Å². The number of rotatable bonds is 2. The molecule has 31 heavy (non-hydrogen) atoms. The van der Waals surface area contributed by atoms with Crippen molar-refractivity contribution in [3.63, 3.8) is 0 Å². The third kappa shape index (κ3) is 2.07. The standard InChI is InChI=1S/C25H17Cl2NO3/c1-31-15-8-6-7-14(13-15)28-22(29)20-21(23(28)30)25(27)17-10-3-2-9-16(17)24(20,26)18-11-4-5-12-19(18)25/h2-13,20-21H,1H3/t20-,21-,24?,25?/m0/s1. The molecule has 0 N–H and O–H groups in total. The lowest BCUT2D eigenvalue weighted by Gasteiger charge is -2.54. The zero-order chi connectivity index (χ0) is 21.5. The van der Waals surface area contributed by atoms with Crippen LogP contribution in [0.2, 0.25) is 0 Å². The van der Waals surface area contributed by atoms with Crippen LogP contribution in [0.15, 0.2) is 72.8 Å². The van der Waals surface area contributed by atoms with E-state index in [4.69, 9.17) is 27.9 Å². The lowest BCUT2D eigenvalue weighted by Crippen LogP contribution is -2.57. The summed E-state index contributed by atoms with van der Waals surface area (Å²) in [5, 5.41) is 0. The first-order chi connectivity index (χ1) is 14.9. The molecule has 0 spiro atoms. The first-order valence-corrected chi connectivity index (χ1v) is 10.8. The van der Waals surface area contributed by atoms with Crippen molar-refractivity contribution in [3.8, 4) is 5.75 Å². The van der Waals surface area contributed by atoms with Crippen molar-refractivity contribution < 1.29 is 14.3 Å². The van der Waals surface area contributed by atoms with Gasteiger partial charge in [0.05, 0.1) is 24.6 Å². The summed E-state index contributed by atoms with van der Waals surface area (Å²) in [4.78, 5) is 26.5. The Balaban J connectivity index is 1.64. The lowest BCUT2D eigenvalue weighted by molar-refractivity contribution is -0.122. The maximum absolute atomic E-state index is 13.8. The number of carbonyl (C=O) groups excluding carboxylic acids is 2. The van der Waals surface area contributed by atoms with Gasteiger partial charge in [-0.15, -0.1) is 23.2 Å². The van der Waals surface area contributed by atoms with E-state index in [1.807, 2.05) is 48.5 Å². The van der Waals surface area contributed by atoms with Crippen LogP contribution >= 0.6 is 23.2 Å². The van der Waals surface area contributed by atoms with Crippen LogP contribution in [0.1, 0.15) is 22.3 Å². The van der Waals surface area contributed by atoms with Crippen LogP contribution in [0.25, 0.3) is 0 Å². The lowest BCUT2D eigenvalue weighted by atomic mass is 9.54. The van der Waals surface area contributed by atoms with Gasteiger partial charge in [-0.05, 0) is 34.4 Å². The number of benzene rings is 3. The second kappa shape index (κ2) is 6.12. The Morgan fingerprint density at radius 1 is 0.742 bits per heavy atom. The maximum atomic E-state index is 13.8. The number of alkyl halides is 2. The van der Waals surface area contributed by atoms with Gasteiger partial charge in [0.1, 0.15) is 15.5 Å². The van der Waals surface area contributed by atoms with Crippen molar-refractivity contribution in [2.24, 2.45) is 11.8 Å². The average Bonchev–Trinajstić information content (AvgIpc) is 3.08. The van der Waals surface area contributed by atoms with Gasteiger partial charge in [0.2, 0.25) is 11.8 Å². The van der Waals surface area contributed by atoms with Gasteiger partial charge < -0.3 is 4.74 Å². The van der Waals surface area contributed by atoms with E-state index < -0.39 is 21.6 Å². The van der Waals surface area contributed by atoms with Crippen molar-refractivity contribution in [1.29, 1.82) is 0 Å². The monoisotopic (exact) mass is 449 g/mol. The molecule has 1 fully saturated rings. The summed E-state index contributed by atoms with van der Waals surface area (Å²) in [6, 6.07) is 22.1. The highest BCUT2D eigenvalue weighted by atomic mass is 35.5. The Hall–Kier alpha value is -2.82. The number of halogens is 2. The van der Waals surface area contributed by atoms with Crippen LogP contribution < -0.4 is 9.64 Å². The number of imide groups is 1. The van der Waals surface area contributed by atoms with E-state index >= 15 is 0 Å². The van der Waals surface area contributed by atoms with Gasteiger partial charge in [0.25, 0.3) is 0 Å². The molecule has 3 aliphatic carbocycles. The topological polar surface area (TPSA) is 46.6 Å². The minimum Gasteiger partial charge on any atom is -0.497 e. The molecule has 3 aromatic carbocycles. The molecule has 0 unspecified atom stereocenters.